The Kier molecular flexibility index (Phi) is 7.15. The van der Waals surface area contributed by atoms with Crippen molar-refractivity contribution in [2.45, 2.75) is 50.6 Å². The minimum absolute atomic E-state index is 0.274. The Morgan fingerprint density at radius 2 is 2.00 bits per heavy atom. The van der Waals surface area contributed by atoms with Crippen LogP contribution in [0.15, 0.2) is 40.1 Å². The summed E-state index contributed by atoms with van der Waals surface area (Å²) in [6, 6.07) is 7.25. The summed E-state index contributed by atoms with van der Waals surface area (Å²) < 4.78 is 7.16. The minimum Gasteiger partial charge on any atom is -0.360 e. The maximum Gasteiger partial charge on any atom is 0.257 e. The Labute approximate surface area is 218 Å². The van der Waals surface area contributed by atoms with E-state index in [4.69, 9.17) is 26.1 Å². The summed E-state index contributed by atoms with van der Waals surface area (Å²) in [5, 5.41) is 14.2. The van der Waals surface area contributed by atoms with Crippen LogP contribution in [0.4, 0.5) is 5.82 Å². The van der Waals surface area contributed by atoms with Gasteiger partial charge in [0.2, 0.25) is 0 Å². The number of thioether (sulfide) groups is 1. The Balaban J connectivity index is 1.36. The van der Waals surface area contributed by atoms with E-state index in [-0.39, 0.29) is 5.91 Å². The zero-order valence-electron chi connectivity index (χ0n) is 20.5. The van der Waals surface area contributed by atoms with Crippen LogP contribution in [-0.4, -0.2) is 55.7 Å². The molecule has 1 aliphatic rings. The van der Waals surface area contributed by atoms with E-state index >= 15 is 0 Å². The summed E-state index contributed by atoms with van der Waals surface area (Å²) in [5.74, 6) is 1.11. The number of nitrogens with one attached hydrogen (secondary N) is 1. The van der Waals surface area contributed by atoms with E-state index in [0.717, 1.165) is 47.9 Å². The van der Waals surface area contributed by atoms with Crippen molar-refractivity contribution in [3.05, 3.63) is 46.8 Å². The highest BCUT2D eigenvalue weighted by Gasteiger charge is 2.24. The van der Waals surface area contributed by atoms with Crippen LogP contribution < -0.4 is 10.2 Å². The molecular formula is C25H28ClN7O2S. The molecule has 1 aliphatic heterocycles. The monoisotopic (exact) mass is 525 g/mol. The lowest BCUT2D eigenvalue weighted by Gasteiger charge is -2.18. The van der Waals surface area contributed by atoms with Crippen LogP contribution in [0.3, 0.4) is 0 Å². The maximum atomic E-state index is 13.1. The van der Waals surface area contributed by atoms with E-state index in [1.54, 1.807) is 24.8 Å². The number of benzene rings is 1. The molecule has 1 aromatic carbocycles. The summed E-state index contributed by atoms with van der Waals surface area (Å²) in [5.41, 5.74) is 2.24. The lowest BCUT2D eigenvalue weighted by Crippen LogP contribution is -2.28. The number of amides is 1. The molecule has 0 unspecified atom stereocenters. The van der Waals surface area contributed by atoms with Gasteiger partial charge in [-0.1, -0.05) is 60.6 Å². The van der Waals surface area contributed by atoms with Crippen LogP contribution in [0.5, 0.6) is 0 Å². The first-order chi connectivity index (χ1) is 17.4. The fourth-order valence-electron chi connectivity index (χ4n) is 4.36. The molecule has 0 bridgehead atoms. The third kappa shape index (κ3) is 4.92. The Morgan fingerprint density at radius 1 is 1.22 bits per heavy atom. The molecule has 9 nitrogen and oxygen atoms in total. The fraction of sp³-hybridized carbons (Fsp3) is 0.400. The topological polar surface area (TPSA) is 102 Å². The number of aromatic nitrogens is 5. The first-order valence-corrected chi connectivity index (χ1v) is 13.3. The number of rotatable bonds is 8. The molecule has 188 valence electrons. The SMILES string of the molecule is Cc1onc(-c2ccccc2Cl)c1C(=O)NCCn1ncc2c(N3CCCC3)nc(SC(C)C)nc21. The maximum absolute atomic E-state index is 13.1. The molecule has 4 heterocycles. The minimum atomic E-state index is -0.274. The molecule has 0 atom stereocenters. The molecular weight excluding hydrogens is 498 g/mol. The second-order valence-electron chi connectivity index (χ2n) is 8.99. The van der Waals surface area contributed by atoms with Gasteiger partial charge in [-0.2, -0.15) is 5.10 Å². The van der Waals surface area contributed by atoms with Gasteiger partial charge in [0.1, 0.15) is 22.8 Å². The van der Waals surface area contributed by atoms with E-state index < -0.39 is 0 Å². The van der Waals surface area contributed by atoms with Crippen LogP contribution >= 0.6 is 23.4 Å². The van der Waals surface area contributed by atoms with Gasteiger partial charge in [0, 0.05) is 30.4 Å². The number of halogens is 1. The predicted molar refractivity (Wildman–Crippen MR) is 142 cm³/mol. The number of nitrogens with zero attached hydrogens (tertiary/aromatic N) is 6. The number of hydrogen-bond acceptors (Lipinski definition) is 8. The van der Waals surface area contributed by atoms with Gasteiger partial charge in [-0.25, -0.2) is 14.6 Å². The number of carbonyl (C=O) groups is 1. The number of fused-ring (bicyclic) bond motifs is 1. The van der Waals surface area contributed by atoms with Crippen molar-refractivity contribution in [1.82, 2.24) is 30.2 Å². The molecule has 0 radical (unpaired) electrons. The standard InChI is InChI=1S/C25H28ClN7O2S/c1-15(2)36-25-29-22(32-11-6-7-12-32)18-14-28-33(23(18)30-25)13-10-27-24(34)20-16(3)35-31-21(20)17-8-4-5-9-19(17)26/h4-5,8-9,14-15H,6-7,10-13H2,1-3H3,(H,27,34). The van der Waals surface area contributed by atoms with Crippen molar-refractivity contribution >= 4 is 46.1 Å². The number of carbonyl (C=O) groups excluding carboxylic acids is 1. The van der Waals surface area contributed by atoms with E-state index in [2.05, 4.69) is 34.3 Å². The van der Waals surface area contributed by atoms with Gasteiger partial charge in [-0.15, -0.1) is 0 Å². The smallest absolute Gasteiger partial charge is 0.257 e. The molecule has 5 rings (SSSR count). The van der Waals surface area contributed by atoms with Crippen LogP contribution in [0.2, 0.25) is 5.02 Å². The van der Waals surface area contributed by atoms with Crippen molar-refractivity contribution in [3.8, 4) is 11.3 Å². The quantitative estimate of drug-likeness (QED) is 0.254. The van der Waals surface area contributed by atoms with Crippen LogP contribution in [-0.2, 0) is 6.54 Å². The first-order valence-electron chi connectivity index (χ1n) is 12.1. The molecule has 4 aromatic rings. The number of aryl methyl sites for hydroxylation is 1. The fourth-order valence-corrected chi connectivity index (χ4v) is 5.28. The first kappa shape index (κ1) is 24.6. The molecule has 1 N–H and O–H groups in total. The normalized spacial score (nSPS) is 13.8. The predicted octanol–water partition coefficient (Wildman–Crippen LogP) is 4.97. The van der Waals surface area contributed by atoms with E-state index in [0.29, 0.717) is 45.9 Å². The van der Waals surface area contributed by atoms with E-state index in [1.165, 1.54) is 0 Å². The zero-order chi connectivity index (χ0) is 25.2. The highest BCUT2D eigenvalue weighted by Crippen LogP contribution is 2.32. The molecule has 0 saturated carbocycles. The lowest BCUT2D eigenvalue weighted by atomic mass is 10.1. The van der Waals surface area contributed by atoms with Gasteiger partial charge in [-0.3, -0.25) is 4.79 Å². The summed E-state index contributed by atoms with van der Waals surface area (Å²) >= 11 is 7.97. The molecule has 1 amide bonds. The lowest BCUT2D eigenvalue weighted by molar-refractivity contribution is 0.0951. The van der Waals surface area contributed by atoms with Gasteiger partial charge in [0.15, 0.2) is 10.8 Å². The zero-order valence-corrected chi connectivity index (χ0v) is 22.1. The van der Waals surface area contributed by atoms with Gasteiger partial charge in [-0.05, 0) is 25.8 Å². The Morgan fingerprint density at radius 3 is 2.75 bits per heavy atom. The second kappa shape index (κ2) is 10.5. The van der Waals surface area contributed by atoms with Gasteiger partial charge >= 0.3 is 0 Å². The highest BCUT2D eigenvalue weighted by molar-refractivity contribution is 7.99. The number of hydrogen-bond donors (Lipinski definition) is 1. The van der Waals surface area contributed by atoms with Crippen molar-refractivity contribution in [3.63, 3.8) is 0 Å². The van der Waals surface area contributed by atoms with Gasteiger partial charge < -0.3 is 14.7 Å². The molecule has 3 aromatic heterocycles. The highest BCUT2D eigenvalue weighted by atomic mass is 35.5. The van der Waals surface area contributed by atoms with Crippen LogP contribution in [0, 0.1) is 6.92 Å². The van der Waals surface area contributed by atoms with Crippen LogP contribution in [0.1, 0.15) is 42.8 Å². The van der Waals surface area contributed by atoms with Crippen molar-refractivity contribution in [1.29, 1.82) is 0 Å². The third-order valence-electron chi connectivity index (χ3n) is 6.03. The second-order valence-corrected chi connectivity index (χ2v) is 10.9. The molecule has 11 heteroatoms. The van der Waals surface area contributed by atoms with Gasteiger partial charge in [0.05, 0.1) is 23.2 Å². The van der Waals surface area contributed by atoms with Crippen LogP contribution in [0.25, 0.3) is 22.3 Å². The Bertz CT molecular complexity index is 1390. The Hall–Kier alpha value is -3.11. The molecule has 1 fully saturated rings. The summed E-state index contributed by atoms with van der Waals surface area (Å²) in [4.78, 5) is 25.1. The summed E-state index contributed by atoms with van der Waals surface area (Å²) in [7, 11) is 0. The van der Waals surface area contributed by atoms with Gasteiger partial charge in [0.25, 0.3) is 5.91 Å². The van der Waals surface area contributed by atoms with Crippen molar-refractivity contribution in [2.24, 2.45) is 0 Å². The summed E-state index contributed by atoms with van der Waals surface area (Å²) in [6.45, 7) is 8.78. The van der Waals surface area contributed by atoms with Crippen molar-refractivity contribution < 1.29 is 9.32 Å². The largest absolute Gasteiger partial charge is 0.360 e. The summed E-state index contributed by atoms with van der Waals surface area (Å²) in [6.07, 6.45) is 4.15. The molecule has 0 aliphatic carbocycles. The number of anilines is 1. The molecule has 1 saturated heterocycles. The average Bonchev–Trinajstić information content (AvgIpc) is 3.59. The van der Waals surface area contributed by atoms with Crippen molar-refractivity contribution in [2.75, 3.05) is 24.5 Å². The molecule has 36 heavy (non-hydrogen) atoms. The third-order valence-corrected chi connectivity index (χ3v) is 7.22. The molecule has 0 spiro atoms. The van der Waals surface area contributed by atoms with E-state index in [1.807, 2.05) is 29.1 Å². The average molecular weight is 526 g/mol. The van der Waals surface area contributed by atoms with E-state index in [9.17, 15) is 4.79 Å².